The largest absolute Gasteiger partial charge is 0.756 e. The molecule has 10 heteroatoms. The Morgan fingerprint density at radius 2 is 0.600 bits per heavy atom. The van der Waals surface area contributed by atoms with Crippen molar-refractivity contribution in [2.45, 2.75) is 360 Å². The first-order valence-corrected chi connectivity index (χ1v) is 41.2. The summed E-state index contributed by atoms with van der Waals surface area (Å²) >= 11 is 0. The van der Waals surface area contributed by atoms with Gasteiger partial charge in [0, 0.05) is 12.8 Å². The number of carbonyl (C=O) groups excluding carboxylic acids is 2. The SMILES string of the molecule is CC/C=C\C/C=C\C/C=C\C/C=C\C/C=C\C/C=C\C/C=C\C/C=C\C/C=C\C/C=C\CCCCC(=O)OC(COC(=O)CCCCCCCCCCCCCCCCCCCCCCCCCCCCCCCCCCCCCCCC)COP(=O)([O-])OCC[N+](C)(C)C. The molecule has 0 bridgehead atoms. The monoisotopic (exact) mass is 1340 g/mol. The lowest BCUT2D eigenvalue weighted by Crippen LogP contribution is -2.37. The number of allylic oxidation sites excluding steroid dienone is 20. The van der Waals surface area contributed by atoms with Gasteiger partial charge in [0.15, 0.2) is 6.10 Å². The Balaban J connectivity index is 4.04. The number of unbranched alkanes of at least 4 members (excludes halogenated alkanes) is 39. The first-order chi connectivity index (χ1) is 46.5. The lowest BCUT2D eigenvalue weighted by atomic mass is 10.0. The van der Waals surface area contributed by atoms with E-state index in [-0.39, 0.29) is 26.1 Å². The van der Waals surface area contributed by atoms with Gasteiger partial charge in [-0.3, -0.25) is 14.2 Å². The zero-order valence-electron chi connectivity index (χ0n) is 62.6. The molecule has 2 unspecified atom stereocenters. The highest BCUT2D eigenvalue weighted by atomic mass is 31.2. The third-order valence-corrected chi connectivity index (χ3v) is 18.2. The quantitative estimate of drug-likeness (QED) is 0.0195. The van der Waals surface area contributed by atoms with Crippen molar-refractivity contribution in [1.29, 1.82) is 0 Å². The zero-order valence-corrected chi connectivity index (χ0v) is 63.5. The van der Waals surface area contributed by atoms with E-state index in [9.17, 15) is 19.0 Å². The second-order valence-corrected chi connectivity index (χ2v) is 29.1. The van der Waals surface area contributed by atoms with Gasteiger partial charge in [-0.2, -0.15) is 0 Å². The van der Waals surface area contributed by atoms with Gasteiger partial charge >= 0.3 is 11.9 Å². The highest BCUT2D eigenvalue weighted by Crippen LogP contribution is 2.38. The molecule has 0 aromatic carbocycles. The summed E-state index contributed by atoms with van der Waals surface area (Å²) in [7, 11) is 1.13. The first kappa shape index (κ1) is 91.4. The van der Waals surface area contributed by atoms with Crippen molar-refractivity contribution in [1.82, 2.24) is 0 Å². The first-order valence-electron chi connectivity index (χ1n) is 39.7. The molecule has 0 amide bonds. The van der Waals surface area contributed by atoms with Crippen LogP contribution in [0, 0.1) is 0 Å². The van der Waals surface area contributed by atoms with Crippen LogP contribution in [0.25, 0.3) is 0 Å². The van der Waals surface area contributed by atoms with Crippen LogP contribution in [-0.4, -0.2) is 70.0 Å². The Bertz CT molecular complexity index is 2020. The van der Waals surface area contributed by atoms with Crippen LogP contribution in [0.2, 0.25) is 0 Å². The van der Waals surface area contributed by atoms with Crippen molar-refractivity contribution in [3.05, 3.63) is 122 Å². The van der Waals surface area contributed by atoms with Gasteiger partial charge in [0.25, 0.3) is 7.82 Å². The average molecular weight is 1350 g/mol. The summed E-state index contributed by atoms with van der Waals surface area (Å²) in [6, 6.07) is 0. The minimum Gasteiger partial charge on any atom is -0.756 e. The summed E-state index contributed by atoms with van der Waals surface area (Å²) in [4.78, 5) is 38.1. The number of rotatable bonds is 73. The van der Waals surface area contributed by atoms with Crippen LogP contribution in [0.4, 0.5) is 0 Å². The smallest absolute Gasteiger partial charge is 0.306 e. The van der Waals surface area contributed by atoms with Gasteiger partial charge in [-0.05, 0) is 89.9 Å². The van der Waals surface area contributed by atoms with Gasteiger partial charge in [-0.25, -0.2) is 0 Å². The van der Waals surface area contributed by atoms with Gasteiger partial charge in [0.2, 0.25) is 0 Å². The second-order valence-electron chi connectivity index (χ2n) is 27.7. The molecule has 0 heterocycles. The topological polar surface area (TPSA) is 111 Å². The average Bonchev–Trinajstić information content (AvgIpc) is 1.80. The molecule has 0 saturated heterocycles. The van der Waals surface area contributed by atoms with Crippen molar-refractivity contribution in [3.8, 4) is 0 Å². The van der Waals surface area contributed by atoms with E-state index in [1.165, 1.54) is 225 Å². The molecule has 0 rings (SSSR count). The number of quaternary nitrogens is 1. The van der Waals surface area contributed by atoms with Gasteiger partial charge in [-0.1, -0.05) is 373 Å². The molecule has 0 fully saturated rings. The number of ether oxygens (including phenoxy) is 2. The highest BCUT2D eigenvalue weighted by Gasteiger charge is 2.22. The van der Waals surface area contributed by atoms with Crippen molar-refractivity contribution in [2.24, 2.45) is 0 Å². The Morgan fingerprint density at radius 3 is 0.895 bits per heavy atom. The summed E-state index contributed by atoms with van der Waals surface area (Å²) in [5.41, 5.74) is 0. The molecule has 9 nitrogen and oxygen atoms in total. The van der Waals surface area contributed by atoms with Gasteiger partial charge in [0.1, 0.15) is 19.8 Å². The van der Waals surface area contributed by atoms with Gasteiger partial charge in [0.05, 0.1) is 27.7 Å². The normalized spacial score (nSPS) is 13.7. The summed E-state index contributed by atoms with van der Waals surface area (Å²) in [5.74, 6) is -0.879. The molecule has 0 aromatic rings. The van der Waals surface area contributed by atoms with E-state index in [0.29, 0.717) is 17.4 Å². The van der Waals surface area contributed by atoms with Crippen molar-refractivity contribution >= 4 is 19.8 Å². The van der Waals surface area contributed by atoms with E-state index in [2.05, 4.69) is 135 Å². The molecule has 548 valence electrons. The summed E-state index contributed by atoms with van der Waals surface area (Å²) in [6.07, 6.45) is 108. The Hall–Kier alpha value is -3.59. The zero-order chi connectivity index (χ0) is 69.0. The molecule has 0 saturated carbocycles. The van der Waals surface area contributed by atoms with Crippen molar-refractivity contribution in [3.63, 3.8) is 0 Å². The number of hydrogen-bond donors (Lipinski definition) is 0. The van der Waals surface area contributed by atoms with Crippen molar-refractivity contribution in [2.75, 3.05) is 47.5 Å². The fourth-order valence-corrected chi connectivity index (χ4v) is 11.9. The minimum atomic E-state index is -4.67. The van der Waals surface area contributed by atoms with Crippen LogP contribution in [0.5, 0.6) is 0 Å². The van der Waals surface area contributed by atoms with Crippen LogP contribution in [0.3, 0.4) is 0 Å². The summed E-state index contributed by atoms with van der Waals surface area (Å²) < 4.78 is 34.3. The molecule has 95 heavy (non-hydrogen) atoms. The van der Waals surface area contributed by atoms with Gasteiger partial charge in [-0.15, -0.1) is 0 Å². The molecule has 0 aromatic heterocycles. The number of carbonyl (C=O) groups is 2. The Labute approximate surface area is 588 Å². The standard InChI is InChI=1S/C85H150NO8P/c1-6-8-10-12-14-16-18-20-22-24-26-28-30-32-34-36-38-40-41-42-43-44-46-47-49-51-53-55-57-59-61-63-65-67-69-71-73-75-77-84(87)91-81-83(82-93-95(89,90)92-80-79-86(3,4)5)94-85(88)78-76-74-72-70-68-66-64-62-60-58-56-54-52-50-48-45-39-37-35-33-31-29-27-25-23-21-19-17-15-13-11-9-7-2/h9,11,15,17,21,23,27,29,33,35,39,45,50,52,56,58,62,64,68,70,83H,6-8,10,12-14,16,18-20,22,24-26,28,30-32,34,36-38,40-44,46-49,51,53-55,57,59-61,63,65-67,69,71-82H2,1-5H3/b11-9-,17-15-,23-21-,29-27-,35-33-,45-39-,52-50-,58-56-,64-62-,70-68-. The second kappa shape index (κ2) is 74.6. The molecule has 0 aliphatic rings. The van der Waals surface area contributed by atoms with Crippen LogP contribution < -0.4 is 4.89 Å². The fourth-order valence-electron chi connectivity index (χ4n) is 11.2. The number of likely N-dealkylation sites (N-methyl/N-ethyl adjacent to an activating group) is 1. The molecular weight excluding hydrogens is 1190 g/mol. The van der Waals surface area contributed by atoms with E-state index in [0.717, 1.165) is 96.3 Å². The molecule has 0 N–H and O–H groups in total. The summed E-state index contributed by atoms with van der Waals surface area (Å²) in [6.45, 7) is 4.11. The highest BCUT2D eigenvalue weighted by molar-refractivity contribution is 7.45. The minimum absolute atomic E-state index is 0.0443. The number of phosphoric ester groups is 1. The lowest BCUT2D eigenvalue weighted by molar-refractivity contribution is -0.870. The van der Waals surface area contributed by atoms with Crippen LogP contribution in [0.1, 0.15) is 354 Å². The van der Waals surface area contributed by atoms with Crippen LogP contribution in [-0.2, 0) is 32.7 Å². The Kier molecular flexibility index (Phi) is 71.8. The maximum Gasteiger partial charge on any atom is 0.306 e. The number of phosphoric acid groups is 1. The summed E-state index contributed by atoms with van der Waals surface area (Å²) in [5, 5.41) is 0. The lowest BCUT2D eigenvalue weighted by Gasteiger charge is -2.28. The maximum atomic E-state index is 12.9. The van der Waals surface area contributed by atoms with Crippen molar-refractivity contribution < 1.29 is 42.1 Å². The van der Waals surface area contributed by atoms with Gasteiger partial charge < -0.3 is 27.9 Å². The molecule has 0 aliphatic heterocycles. The van der Waals surface area contributed by atoms with Crippen LogP contribution in [0.15, 0.2) is 122 Å². The predicted octanol–water partition coefficient (Wildman–Crippen LogP) is 25.9. The third-order valence-electron chi connectivity index (χ3n) is 17.2. The van der Waals surface area contributed by atoms with Crippen LogP contribution >= 0.6 is 7.82 Å². The molecule has 0 radical (unpaired) electrons. The van der Waals surface area contributed by atoms with E-state index in [4.69, 9.17) is 18.5 Å². The molecular formula is C85H150NO8P. The maximum absolute atomic E-state index is 12.9. The number of nitrogens with zero attached hydrogens (tertiary/aromatic N) is 1. The molecule has 2 atom stereocenters. The fraction of sp³-hybridized carbons (Fsp3) is 0.741. The molecule has 0 aliphatic carbocycles. The molecule has 0 spiro atoms. The van der Waals surface area contributed by atoms with E-state index in [1.807, 2.05) is 21.1 Å². The Morgan fingerprint density at radius 1 is 0.337 bits per heavy atom. The van der Waals surface area contributed by atoms with E-state index >= 15 is 0 Å². The number of esters is 2. The van der Waals surface area contributed by atoms with E-state index in [1.54, 1.807) is 0 Å². The third kappa shape index (κ3) is 79.3. The van der Waals surface area contributed by atoms with E-state index < -0.39 is 32.5 Å². The number of hydrogen-bond acceptors (Lipinski definition) is 8. The predicted molar refractivity (Wildman–Crippen MR) is 411 cm³/mol.